The number of fused-ring (bicyclic) bond motifs is 1. The molecule has 5 rings (SSSR count). The van der Waals surface area contributed by atoms with Gasteiger partial charge in [-0.15, -0.1) is 0 Å². The summed E-state index contributed by atoms with van der Waals surface area (Å²) in [4.78, 5) is 11.2. The zero-order valence-electron chi connectivity index (χ0n) is 17.5. The van der Waals surface area contributed by atoms with Gasteiger partial charge in [0.1, 0.15) is 0 Å². The lowest BCUT2D eigenvalue weighted by atomic mass is 9.70. The van der Waals surface area contributed by atoms with E-state index in [2.05, 4.69) is 68.5 Å². The summed E-state index contributed by atoms with van der Waals surface area (Å²) in [6, 6.07) is 25.1. The van der Waals surface area contributed by atoms with Gasteiger partial charge >= 0.3 is 5.97 Å². The third-order valence-electron chi connectivity index (χ3n) is 6.93. The fraction of sp³-hybridized carbons (Fsp3) is 0.250. The summed E-state index contributed by atoms with van der Waals surface area (Å²) < 4.78 is 0. The summed E-state index contributed by atoms with van der Waals surface area (Å²) in [5.74, 6) is -0.873. The summed E-state index contributed by atoms with van der Waals surface area (Å²) in [5, 5.41) is 9.21. The van der Waals surface area contributed by atoms with Gasteiger partial charge in [0.2, 0.25) is 0 Å². The summed E-state index contributed by atoms with van der Waals surface area (Å²) in [5.41, 5.74) is 8.38. The Hall–Kier alpha value is -3.13. The maximum atomic E-state index is 11.2. The average Bonchev–Trinajstić information content (AvgIpc) is 3.56. The molecule has 0 aliphatic heterocycles. The molecule has 0 atom stereocenters. The number of rotatable bonds is 4. The first kappa shape index (κ1) is 18.9. The Labute approximate surface area is 177 Å². The smallest absolute Gasteiger partial charge is 0.335 e. The number of hydrogen-bond acceptors (Lipinski definition) is 1. The number of allylic oxidation sites excluding steroid dienone is 1. The zero-order valence-corrected chi connectivity index (χ0v) is 17.5. The molecular weight excluding hydrogens is 368 g/mol. The maximum absolute atomic E-state index is 11.2. The van der Waals surface area contributed by atoms with E-state index in [9.17, 15) is 9.90 Å². The molecule has 30 heavy (non-hydrogen) atoms. The molecule has 1 N–H and O–H groups in total. The molecule has 2 aliphatic rings. The van der Waals surface area contributed by atoms with E-state index in [1.54, 1.807) is 12.1 Å². The zero-order chi connectivity index (χ0) is 20.9. The van der Waals surface area contributed by atoms with Crippen LogP contribution in [0, 0.1) is 0 Å². The number of carboxylic acids is 1. The van der Waals surface area contributed by atoms with Crippen molar-refractivity contribution in [2.24, 2.45) is 0 Å². The van der Waals surface area contributed by atoms with Gasteiger partial charge in [0.25, 0.3) is 0 Å². The Bertz CT molecular complexity index is 1150. The van der Waals surface area contributed by atoms with Crippen LogP contribution < -0.4 is 0 Å². The molecule has 2 nitrogen and oxygen atoms in total. The minimum Gasteiger partial charge on any atom is -0.478 e. The van der Waals surface area contributed by atoms with Crippen molar-refractivity contribution in [1.29, 1.82) is 0 Å². The number of benzene rings is 3. The highest BCUT2D eigenvalue weighted by Gasteiger charge is 2.46. The third kappa shape index (κ3) is 2.99. The first-order valence-electron chi connectivity index (χ1n) is 10.7. The summed E-state index contributed by atoms with van der Waals surface area (Å²) >= 11 is 0. The van der Waals surface area contributed by atoms with Crippen LogP contribution in [0.25, 0.3) is 5.57 Å². The lowest BCUT2D eigenvalue weighted by Gasteiger charge is -2.33. The van der Waals surface area contributed by atoms with Crippen molar-refractivity contribution in [3.8, 4) is 0 Å². The van der Waals surface area contributed by atoms with Gasteiger partial charge in [-0.25, -0.2) is 4.79 Å². The predicted molar refractivity (Wildman–Crippen MR) is 121 cm³/mol. The predicted octanol–water partition coefficient (Wildman–Crippen LogP) is 6.58. The largest absolute Gasteiger partial charge is 0.478 e. The SMILES string of the molecule is CC1(C)CC=C(c2ccccc2)c2ccc(C3(c4ccc(C(=O)O)cc4)CC3)cc21. The van der Waals surface area contributed by atoms with Crippen LogP contribution >= 0.6 is 0 Å². The van der Waals surface area contributed by atoms with Gasteiger partial charge < -0.3 is 5.11 Å². The summed E-state index contributed by atoms with van der Waals surface area (Å²) in [6.07, 6.45) is 5.63. The van der Waals surface area contributed by atoms with Gasteiger partial charge in [0.15, 0.2) is 0 Å². The highest BCUT2D eigenvalue weighted by Crippen LogP contribution is 2.55. The Kier molecular flexibility index (Phi) is 4.21. The second-order valence-corrected chi connectivity index (χ2v) is 9.30. The van der Waals surface area contributed by atoms with Gasteiger partial charge in [-0.1, -0.05) is 80.6 Å². The molecule has 1 fully saturated rings. The van der Waals surface area contributed by atoms with Crippen LogP contribution in [0.3, 0.4) is 0 Å². The highest BCUT2D eigenvalue weighted by atomic mass is 16.4. The van der Waals surface area contributed by atoms with Gasteiger partial charge in [-0.2, -0.15) is 0 Å². The van der Waals surface area contributed by atoms with Crippen molar-refractivity contribution < 1.29 is 9.90 Å². The van der Waals surface area contributed by atoms with E-state index >= 15 is 0 Å². The molecule has 0 unspecified atom stereocenters. The second kappa shape index (κ2) is 6.70. The van der Waals surface area contributed by atoms with E-state index in [1.165, 1.54) is 33.4 Å². The Morgan fingerprint density at radius 1 is 0.867 bits per heavy atom. The monoisotopic (exact) mass is 394 g/mol. The molecule has 0 heterocycles. The van der Waals surface area contributed by atoms with Crippen LogP contribution in [-0.4, -0.2) is 11.1 Å². The molecule has 2 aliphatic carbocycles. The van der Waals surface area contributed by atoms with Crippen molar-refractivity contribution in [3.63, 3.8) is 0 Å². The van der Waals surface area contributed by atoms with Crippen molar-refractivity contribution in [2.45, 2.75) is 43.9 Å². The van der Waals surface area contributed by atoms with Gasteiger partial charge in [0, 0.05) is 5.41 Å². The Morgan fingerprint density at radius 2 is 1.53 bits per heavy atom. The van der Waals surface area contributed by atoms with Crippen LogP contribution in [0.15, 0.2) is 78.9 Å². The number of carboxylic acid groups (broad SMARTS) is 1. The van der Waals surface area contributed by atoms with Crippen molar-refractivity contribution in [3.05, 3.63) is 112 Å². The van der Waals surface area contributed by atoms with E-state index in [-0.39, 0.29) is 10.8 Å². The lowest BCUT2D eigenvalue weighted by Crippen LogP contribution is -2.23. The molecule has 0 bridgehead atoms. The van der Waals surface area contributed by atoms with Gasteiger partial charge in [0.05, 0.1) is 5.56 Å². The fourth-order valence-corrected chi connectivity index (χ4v) is 4.91. The summed E-state index contributed by atoms with van der Waals surface area (Å²) in [6.45, 7) is 4.66. The van der Waals surface area contributed by atoms with Crippen LogP contribution in [0.1, 0.15) is 71.3 Å². The first-order valence-corrected chi connectivity index (χ1v) is 10.7. The molecule has 0 aromatic heterocycles. The van der Waals surface area contributed by atoms with Gasteiger partial charge in [-0.05, 0) is 70.2 Å². The Balaban J connectivity index is 1.58. The third-order valence-corrected chi connectivity index (χ3v) is 6.93. The molecule has 3 aromatic carbocycles. The van der Waals surface area contributed by atoms with Crippen LogP contribution in [0.2, 0.25) is 0 Å². The quantitative estimate of drug-likeness (QED) is 0.543. The minimum atomic E-state index is -0.873. The normalized spacial score (nSPS) is 18.3. The molecule has 1 saturated carbocycles. The second-order valence-electron chi connectivity index (χ2n) is 9.30. The Morgan fingerprint density at radius 3 is 2.17 bits per heavy atom. The van der Waals surface area contributed by atoms with Crippen LogP contribution in [-0.2, 0) is 10.8 Å². The van der Waals surface area contributed by atoms with Crippen LogP contribution in [0.4, 0.5) is 0 Å². The van der Waals surface area contributed by atoms with E-state index in [0.29, 0.717) is 5.56 Å². The fourth-order valence-electron chi connectivity index (χ4n) is 4.91. The summed E-state index contributed by atoms with van der Waals surface area (Å²) in [7, 11) is 0. The molecule has 3 aromatic rings. The maximum Gasteiger partial charge on any atom is 0.335 e. The highest BCUT2D eigenvalue weighted by molar-refractivity contribution is 5.87. The van der Waals surface area contributed by atoms with E-state index in [0.717, 1.165) is 19.3 Å². The van der Waals surface area contributed by atoms with Gasteiger partial charge in [-0.3, -0.25) is 0 Å². The molecule has 0 spiro atoms. The average molecular weight is 395 g/mol. The molecular formula is C28H26O2. The standard InChI is InChI=1S/C28H26O2/c1-27(2)15-14-23(19-6-4-3-5-7-19)24-13-12-22(18-25(24)27)28(16-17-28)21-10-8-20(9-11-21)26(29)30/h3-14,18H,15-17H2,1-2H3,(H,29,30). The molecule has 0 amide bonds. The van der Waals surface area contributed by atoms with Crippen molar-refractivity contribution >= 4 is 11.5 Å². The number of carbonyl (C=O) groups is 1. The number of hydrogen-bond donors (Lipinski definition) is 1. The van der Waals surface area contributed by atoms with Crippen LogP contribution in [0.5, 0.6) is 0 Å². The molecule has 2 heteroatoms. The molecule has 0 radical (unpaired) electrons. The first-order chi connectivity index (χ1) is 14.4. The molecule has 0 saturated heterocycles. The molecule has 150 valence electrons. The van der Waals surface area contributed by atoms with E-state index in [1.807, 2.05) is 12.1 Å². The van der Waals surface area contributed by atoms with Crippen molar-refractivity contribution in [1.82, 2.24) is 0 Å². The topological polar surface area (TPSA) is 37.3 Å². The minimum absolute atomic E-state index is 0.0240. The van der Waals surface area contributed by atoms with Crippen molar-refractivity contribution in [2.75, 3.05) is 0 Å². The van der Waals surface area contributed by atoms with E-state index in [4.69, 9.17) is 0 Å². The number of aromatic carboxylic acids is 1. The van der Waals surface area contributed by atoms with E-state index < -0.39 is 5.97 Å². The lowest BCUT2D eigenvalue weighted by molar-refractivity contribution is 0.0697.